The normalized spacial score (nSPS) is 12.8. The van der Waals surface area contributed by atoms with Crippen LogP contribution in [0.1, 0.15) is 83.7 Å². The molecule has 0 spiro atoms. The molecule has 4 heterocycles. The third-order valence-electron chi connectivity index (χ3n) is 13.9. The summed E-state index contributed by atoms with van der Waals surface area (Å²) in [5, 5.41) is 2.56. The van der Waals surface area contributed by atoms with E-state index in [4.69, 9.17) is 0 Å². The van der Waals surface area contributed by atoms with E-state index in [-0.39, 0.29) is 12.1 Å². The molecule has 62 heavy (non-hydrogen) atoms. The highest BCUT2D eigenvalue weighted by Crippen LogP contribution is 2.46. The fraction of sp³-hybridized carbons (Fsp3) is 0.193. The first-order chi connectivity index (χ1) is 30.2. The molecule has 0 fully saturated rings. The lowest BCUT2D eigenvalue weighted by atomic mass is 9.34. The van der Waals surface area contributed by atoms with Gasteiger partial charge in [-0.25, -0.2) is 0 Å². The van der Waals surface area contributed by atoms with E-state index in [1.54, 1.807) is 0 Å². The van der Waals surface area contributed by atoms with E-state index in [0.29, 0.717) is 11.8 Å². The van der Waals surface area contributed by atoms with Crippen LogP contribution in [0.2, 0.25) is 0 Å². The van der Waals surface area contributed by atoms with E-state index >= 15 is 0 Å². The SMILES string of the molecule is CCC(C)(C)c1cc2c3c(c1)-n1c(C(C)C)cc4c(N(c5ccccc5)c5ccccc5)ccc(c41)B3c1ccc(N(c3ccccc3)c3ccccc3)c3cc(C(C)C)n-2c13. The van der Waals surface area contributed by atoms with E-state index in [0.717, 1.165) is 29.2 Å². The second kappa shape index (κ2) is 14.4. The number of rotatable bonds is 10. The Morgan fingerprint density at radius 1 is 0.484 bits per heavy atom. The van der Waals surface area contributed by atoms with Crippen molar-refractivity contribution in [1.82, 2.24) is 9.13 Å². The average Bonchev–Trinajstić information content (AvgIpc) is 3.91. The second-order valence-corrected chi connectivity index (χ2v) is 18.6. The maximum absolute atomic E-state index is 2.67. The highest BCUT2D eigenvalue weighted by Gasteiger charge is 2.43. The van der Waals surface area contributed by atoms with E-state index in [1.165, 1.54) is 77.9 Å². The van der Waals surface area contributed by atoms with Gasteiger partial charge in [-0.1, -0.05) is 133 Å². The van der Waals surface area contributed by atoms with Gasteiger partial charge in [0.1, 0.15) is 0 Å². The minimum Gasteiger partial charge on any atom is -0.314 e. The van der Waals surface area contributed by atoms with E-state index in [2.05, 4.69) is 237 Å². The van der Waals surface area contributed by atoms with Crippen LogP contribution in [0.5, 0.6) is 0 Å². The van der Waals surface area contributed by atoms with Crippen molar-refractivity contribution in [3.8, 4) is 11.4 Å². The quantitative estimate of drug-likeness (QED) is 0.128. The summed E-state index contributed by atoms with van der Waals surface area (Å²) < 4.78 is 5.33. The zero-order valence-corrected chi connectivity index (χ0v) is 36.9. The molecule has 7 aromatic carbocycles. The Hall–Kier alpha value is -6.72. The Bertz CT molecular complexity index is 2860. The predicted octanol–water partition coefficient (Wildman–Crippen LogP) is 13.6. The van der Waals surface area contributed by atoms with Crippen molar-refractivity contribution >= 4 is 79.0 Å². The molecule has 0 bridgehead atoms. The maximum Gasteiger partial charge on any atom is 0.252 e. The van der Waals surface area contributed by atoms with Crippen molar-refractivity contribution in [2.45, 2.75) is 72.1 Å². The van der Waals surface area contributed by atoms with Crippen LogP contribution in [0, 0.1) is 0 Å². The summed E-state index contributed by atoms with van der Waals surface area (Å²) >= 11 is 0. The fourth-order valence-electron chi connectivity index (χ4n) is 10.4. The van der Waals surface area contributed by atoms with Crippen molar-refractivity contribution in [2.24, 2.45) is 0 Å². The van der Waals surface area contributed by atoms with Crippen LogP contribution >= 0.6 is 0 Å². The molecule has 0 saturated carbocycles. The first-order valence-corrected chi connectivity index (χ1v) is 22.5. The summed E-state index contributed by atoms with van der Waals surface area (Å²) in [6.45, 7) is 16.6. The predicted molar refractivity (Wildman–Crippen MR) is 266 cm³/mol. The molecule has 0 radical (unpaired) electrons. The topological polar surface area (TPSA) is 16.3 Å². The van der Waals surface area contributed by atoms with Crippen molar-refractivity contribution < 1.29 is 0 Å². The average molecular weight is 805 g/mol. The number of anilines is 6. The number of hydrogen-bond acceptors (Lipinski definition) is 2. The summed E-state index contributed by atoms with van der Waals surface area (Å²) in [6.07, 6.45) is 1.04. The largest absolute Gasteiger partial charge is 0.314 e. The molecule has 0 atom stereocenters. The lowest BCUT2D eigenvalue weighted by Crippen LogP contribution is -2.59. The molecule has 2 aliphatic rings. The zero-order valence-electron chi connectivity index (χ0n) is 36.9. The Kier molecular flexibility index (Phi) is 8.91. The van der Waals surface area contributed by atoms with Gasteiger partial charge in [-0.3, -0.25) is 0 Å². The fourth-order valence-corrected chi connectivity index (χ4v) is 10.4. The van der Waals surface area contributed by atoms with Gasteiger partial charge in [0.25, 0.3) is 6.71 Å². The van der Waals surface area contributed by atoms with Crippen LogP contribution in [0.25, 0.3) is 33.2 Å². The number of fused-ring (bicyclic) bond motifs is 4. The molecule has 5 heteroatoms. The van der Waals surface area contributed by atoms with Crippen molar-refractivity contribution in [3.05, 3.63) is 187 Å². The Labute approximate surface area is 366 Å². The minimum absolute atomic E-state index is 0.0331. The van der Waals surface area contributed by atoms with Gasteiger partial charge >= 0.3 is 0 Å². The lowest BCUT2D eigenvalue weighted by molar-refractivity contribution is 0.506. The molecule has 0 unspecified atom stereocenters. The van der Waals surface area contributed by atoms with Gasteiger partial charge in [0, 0.05) is 56.3 Å². The van der Waals surface area contributed by atoms with Gasteiger partial charge in [0.2, 0.25) is 0 Å². The monoisotopic (exact) mass is 804 g/mol. The third kappa shape index (κ3) is 5.67. The summed E-state index contributed by atoms with van der Waals surface area (Å²) in [7, 11) is 0. The Morgan fingerprint density at radius 2 is 0.839 bits per heavy atom. The number of aromatic nitrogens is 2. The van der Waals surface area contributed by atoms with Crippen LogP contribution in [-0.4, -0.2) is 15.8 Å². The van der Waals surface area contributed by atoms with Crippen molar-refractivity contribution in [2.75, 3.05) is 9.80 Å². The minimum atomic E-state index is -0.0331. The highest BCUT2D eigenvalue weighted by molar-refractivity contribution is 7.00. The summed E-state index contributed by atoms with van der Waals surface area (Å²) in [5.74, 6) is 0.592. The molecular weight excluding hydrogens is 751 g/mol. The van der Waals surface area contributed by atoms with Crippen molar-refractivity contribution in [3.63, 3.8) is 0 Å². The molecule has 11 rings (SSSR count). The molecule has 0 saturated heterocycles. The summed E-state index contributed by atoms with van der Waals surface area (Å²) in [5.41, 5.74) is 20.4. The highest BCUT2D eigenvalue weighted by atomic mass is 15.2. The molecule has 2 aliphatic heterocycles. The van der Waals surface area contributed by atoms with Gasteiger partial charge in [-0.2, -0.15) is 0 Å². The maximum atomic E-state index is 2.67. The Balaban J connectivity index is 1.26. The standard InChI is InChI=1S/C57H53BN4/c1-8-57(6,7)39-33-52-54-53(34-39)62-51(38(4)5)36-45-49(60(42-25-17-11-18-26-42)43-27-19-12-20-28-43)32-30-47(56(45)62)58(54)46-29-31-48(44-35-50(37(2)3)61(52)55(44)46)59(40-21-13-9-14-22-40)41-23-15-10-16-24-41/h9-38H,8H2,1-7H3. The van der Waals surface area contributed by atoms with Gasteiger partial charge in [-0.05, 0) is 131 Å². The lowest BCUT2D eigenvalue weighted by Gasteiger charge is -2.38. The first kappa shape index (κ1) is 38.2. The van der Waals surface area contributed by atoms with Gasteiger partial charge in [0.05, 0.1) is 22.4 Å². The van der Waals surface area contributed by atoms with Crippen LogP contribution in [0.4, 0.5) is 34.1 Å². The van der Waals surface area contributed by atoms with E-state index in [9.17, 15) is 0 Å². The first-order valence-electron chi connectivity index (χ1n) is 22.5. The van der Waals surface area contributed by atoms with Gasteiger partial charge < -0.3 is 18.9 Å². The molecule has 4 nitrogen and oxygen atoms in total. The second-order valence-electron chi connectivity index (χ2n) is 18.6. The smallest absolute Gasteiger partial charge is 0.252 e. The molecule has 0 amide bonds. The Morgan fingerprint density at radius 3 is 1.16 bits per heavy atom. The van der Waals surface area contributed by atoms with Crippen LogP contribution in [0.15, 0.2) is 170 Å². The summed E-state index contributed by atoms with van der Waals surface area (Å²) in [4.78, 5) is 4.89. The third-order valence-corrected chi connectivity index (χ3v) is 13.9. The molecule has 2 aromatic heterocycles. The number of benzene rings is 7. The zero-order chi connectivity index (χ0) is 42.4. The molecule has 9 aromatic rings. The number of nitrogens with zero attached hydrogens (tertiary/aromatic N) is 4. The van der Waals surface area contributed by atoms with Gasteiger partial charge in [-0.15, -0.1) is 0 Å². The van der Waals surface area contributed by atoms with E-state index in [1.807, 2.05) is 0 Å². The molecule has 304 valence electrons. The summed E-state index contributed by atoms with van der Waals surface area (Å²) in [6, 6.07) is 63.3. The van der Waals surface area contributed by atoms with Gasteiger partial charge in [0.15, 0.2) is 0 Å². The van der Waals surface area contributed by atoms with Crippen LogP contribution < -0.4 is 26.2 Å². The van der Waals surface area contributed by atoms with E-state index < -0.39 is 0 Å². The van der Waals surface area contributed by atoms with Crippen molar-refractivity contribution in [1.29, 1.82) is 0 Å². The number of hydrogen-bond donors (Lipinski definition) is 0. The van der Waals surface area contributed by atoms with Crippen LogP contribution in [0.3, 0.4) is 0 Å². The number of para-hydroxylation sites is 4. The molecule has 0 aliphatic carbocycles. The van der Waals surface area contributed by atoms with Crippen LogP contribution in [-0.2, 0) is 5.41 Å². The molecule has 0 N–H and O–H groups in total. The molecular formula is C57H53BN4.